The van der Waals surface area contributed by atoms with E-state index in [0.717, 1.165) is 17.0 Å². The summed E-state index contributed by atoms with van der Waals surface area (Å²) in [6.07, 6.45) is 0.873. The number of ether oxygens (including phenoxy) is 1. The van der Waals surface area contributed by atoms with Crippen LogP contribution in [0.25, 0.3) is 10.6 Å². The molecule has 2 aromatic rings. The van der Waals surface area contributed by atoms with Gasteiger partial charge in [0.25, 0.3) is 0 Å². The number of amides is 2. The number of thiophene rings is 1. The first-order chi connectivity index (χ1) is 10.6. The summed E-state index contributed by atoms with van der Waals surface area (Å²) in [5, 5.41) is 16.4. The highest BCUT2D eigenvalue weighted by Gasteiger charge is 2.32. The number of aromatic nitrogens is 2. The van der Waals surface area contributed by atoms with E-state index in [9.17, 15) is 4.79 Å². The van der Waals surface area contributed by atoms with Gasteiger partial charge < -0.3 is 9.64 Å². The van der Waals surface area contributed by atoms with Gasteiger partial charge >= 0.3 is 6.03 Å². The van der Waals surface area contributed by atoms with Crippen molar-refractivity contribution < 1.29 is 9.53 Å². The molecule has 1 N–H and O–H groups in total. The van der Waals surface area contributed by atoms with Crippen molar-refractivity contribution in [2.24, 2.45) is 0 Å². The average Bonchev–Trinajstić information content (AvgIpc) is 3.18. The molecule has 2 amide bonds. The highest BCUT2D eigenvalue weighted by atomic mass is 32.1. The third kappa shape index (κ3) is 3.29. The maximum Gasteiger partial charge on any atom is 0.323 e. The van der Waals surface area contributed by atoms with E-state index in [1.807, 2.05) is 23.8 Å². The van der Waals surface area contributed by atoms with Crippen molar-refractivity contribution in [2.75, 3.05) is 25.0 Å². The Hall–Kier alpha value is -1.51. The van der Waals surface area contributed by atoms with E-state index in [0.29, 0.717) is 24.8 Å². The van der Waals surface area contributed by atoms with Crippen molar-refractivity contribution in [1.29, 1.82) is 0 Å². The third-order valence-corrected chi connectivity index (χ3v) is 5.35. The quantitative estimate of drug-likeness (QED) is 0.932. The molecule has 6 nitrogen and oxygen atoms in total. The van der Waals surface area contributed by atoms with Gasteiger partial charge in [-0.15, -0.1) is 10.2 Å². The van der Waals surface area contributed by atoms with Crippen LogP contribution < -0.4 is 5.32 Å². The number of carbonyl (C=O) groups excluding carboxylic acids is 1. The number of carbonyl (C=O) groups is 1. The van der Waals surface area contributed by atoms with Crippen molar-refractivity contribution in [3.63, 3.8) is 0 Å². The molecule has 0 bridgehead atoms. The van der Waals surface area contributed by atoms with Crippen molar-refractivity contribution in [1.82, 2.24) is 15.1 Å². The SMILES string of the molecule is CCC1(C)CN(C(=O)Nc2nnc(-c3ccsc3)s2)CCO1. The van der Waals surface area contributed by atoms with Gasteiger partial charge in [-0.05, 0) is 24.8 Å². The van der Waals surface area contributed by atoms with Gasteiger partial charge in [0.15, 0.2) is 0 Å². The van der Waals surface area contributed by atoms with Crippen LogP contribution in [0.15, 0.2) is 16.8 Å². The molecule has 1 aliphatic rings. The maximum atomic E-state index is 12.4. The van der Waals surface area contributed by atoms with Gasteiger partial charge in [0.2, 0.25) is 5.13 Å². The fraction of sp³-hybridized carbons (Fsp3) is 0.500. The molecule has 1 aliphatic heterocycles. The van der Waals surface area contributed by atoms with Crippen LogP contribution in [-0.2, 0) is 4.74 Å². The lowest BCUT2D eigenvalue weighted by Crippen LogP contribution is -2.53. The summed E-state index contributed by atoms with van der Waals surface area (Å²) < 4.78 is 5.75. The standard InChI is InChI=1S/C14H18N4O2S2/c1-3-14(2)9-18(5-6-20-14)13(19)15-12-17-16-11(22-12)10-4-7-21-8-10/h4,7-8H,3,5-6,9H2,1-2H3,(H,15,17,19). The van der Waals surface area contributed by atoms with E-state index in [4.69, 9.17) is 4.74 Å². The average molecular weight is 338 g/mol. The molecule has 118 valence electrons. The molecule has 3 rings (SSSR count). The Morgan fingerprint density at radius 3 is 3.14 bits per heavy atom. The summed E-state index contributed by atoms with van der Waals surface area (Å²) in [6.45, 7) is 5.85. The van der Waals surface area contributed by atoms with Crippen molar-refractivity contribution in [2.45, 2.75) is 25.9 Å². The second-order valence-electron chi connectivity index (χ2n) is 5.43. The van der Waals surface area contributed by atoms with Crippen LogP contribution in [0.3, 0.4) is 0 Å². The van der Waals surface area contributed by atoms with Crippen LogP contribution in [0.1, 0.15) is 20.3 Å². The highest BCUT2D eigenvalue weighted by molar-refractivity contribution is 7.19. The van der Waals surface area contributed by atoms with Gasteiger partial charge in [-0.2, -0.15) is 11.3 Å². The van der Waals surface area contributed by atoms with Gasteiger partial charge in [-0.25, -0.2) is 4.79 Å². The molecule has 0 radical (unpaired) electrons. The molecule has 1 fully saturated rings. The fourth-order valence-electron chi connectivity index (χ4n) is 2.26. The molecule has 1 unspecified atom stereocenters. The van der Waals surface area contributed by atoms with Crippen LogP contribution in [0, 0.1) is 0 Å². The summed E-state index contributed by atoms with van der Waals surface area (Å²) in [4.78, 5) is 14.1. The molecule has 0 aromatic carbocycles. The van der Waals surface area contributed by atoms with E-state index in [2.05, 4.69) is 22.4 Å². The van der Waals surface area contributed by atoms with Gasteiger partial charge in [0.05, 0.1) is 18.8 Å². The van der Waals surface area contributed by atoms with Crippen LogP contribution in [0.2, 0.25) is 0 Å². The van der Waals surface area contributed by atoms with E-state index in [1.165, 1.54) is 11.3 Å². The molecule has 22 heavy (non-hydrogen) atoms. The number of hydrogen-bond acceptors (Lipinski definition) is 6. The van der Waals surface area contributed by atoms with E-state index >= 15 is 0 Å². The predicted molar refractivity (Wildman–Crippen MR) is 88.5 cm³/mol. The summed E-state index contributed by atoms with van der Waals surface area (Å²) >= 11 is 3.00. The van der Waals surface area contributed by atoms with Crippen LogP contribution >= 0.6 is 22.7 Å². The van der Waals surface area contributed by atoms with Crippen molar-refractivity contribution in [3.8, 4) is 10.6 Å². The Labute approximate surface area is 137 Å². The molecule has 8 heteroatoms. The Bertz CT molecular complexity index is 643. The second-order valence-corrected chi connectivity index (χ2v) is 7.19. The summed E-state index contributed by atoms with van der Waals surface area (Å²) in [7, 11) is 0. The summed E-state index contributed by atoms with van der Waals surface area (Å²) in [5.74, 6) is 0. The first-order valence-corrected chi connectivity index (χ1v) is 8.91. The van der Waals surface area contributed by atoms with E-state index in [-0.39, 0.29) is 11.6 Å². The molecule has 3 heterocycles. The monoisotopic (exact) mass is 338 g/mol. The maximum absolute atomic E-state index is 12.4. The van der Waals surface area contributed by atoms with Gasteiger partial charge in [0.1, 0.15) is 5.01 Å². The molecule has 1 atom stereocenters. The normalized spacial score (nSPS) is 21.8. The minimum Gasteiger partial charge on any atom is -0.372 e. The Morgan fingerprint density at radius 1 is 1.55 bits per heavy atom. The molecule has 2 aromatic heterocycles. The first-order valence-electron chi connectivity index (χ1n) is 7.15. The lowest BCUT2D eigenvalue weighted by atomic mass is 10.0. The van der Waals surface area contributed by atoms with Crippen LogP contribution in [-0.4, -0.2) is 46.4 Å². The minimum absolute atomic E-state index is 0.143. The Kier molecular flexibility index (Phi) is 4.42. The molecule has 0 saturated carbocycles. The summed E-state index contributed by atoms with van der Waals surface area (Å²) in [5.41, 5.74) is 0.770. The largest absolute Gasteiger partial charge is 0.372 e. The van der Waals surface area contributed by atoms with E-state index in [1.54, 1.807) is 16.2 Å². The minimum atomic E-state index is -0.265. The number of nitrogens with zero attached hydrogens (tertiary/aromatic N) is 3. The highest BCUT2D eigenvalue weighted by Crippen LogP contribution is 2.28. The van der Waals surface area contributed by atoms with Crippen LogP contribution in [0.4, 0.5) is 9.93 Å². The number of morpholine rings is 1. The fourth-order valence-corrected chi connectivity index (χ4v) is 3.71. The summed E-state index contributed by atoms with van der Waals surface area (Å²) in [6, 6.07) is 1.85. The number of urea groups is 1. The second kappa shape index (κ2) is 6.31. The number of anilines is 1. The zero-order chi connectivity index (χ0) is 15.6. The molecular formula is C14H18N4O2S2. The zero-order valence-corrected chi connectivity index (χ0v) is 14.2. The number of rotatable bonds is 3. The third-order valence-electron chi connectivity index (χ3n) is 3.78. The lowest BCUT2D eigenvalue weighted by molar-refractivity contribution is -0.0860. The molecular weight excluding hydrogens is 320 g/mol. The predicted octanol–water partition coefficient (Wildman–Crippen LogP) is 3.30. The van der Waals surface area contributed by atoms with E-state index < -0.39 is 0 Å². The topological polar surface area (TPSA) is 67.4 Å². The van der Waals surface area contributed by atoms with Crippen molar-refractivity contribution in [3.05, 3.63) is 16.8 Å². The van der Waals surface area contributed by atoms with Crippen LogP contribution in [0.5, 0.6) is 0 Å². The molecule has 0 spiro atoms. The zero-order valence-electron chi connectivity index (χ0n) is 12.5. The number of hydrogen-bond donors (Lipinski definition) is 1. The smallest absolute Gasteiger partial charge is 0.323 e. The molecule has 1 saturated heterocycles. The Balaban J connectivity index is 1.64. The Morgan fingerprint density at radius 2 is 2.41 bits per heavy atom. The molecule has 0 aliphatic carbocycles. The van der Waals surface area contributed by atoms with Gasteiger partial charge in [-0.3, -0.25) is 5.32 Å². The van der Waals surface area contributed by atoms with Gasteiger partial charge in [0, 0.05) is 17.5 Å². The first kappa shape index (κ1) is 15.4. The van der Waals surface area contributed by atoms with Gasteiger partial charge in [-0.1, -0.05) is 18.3 Å². The van der Waals surface area contributed by atoms with Crippen molar-refractivity contribution >= 4 is 33.8 Å². The number of nitrogens with one attached hydrogen (secondary N) is 1. The lowest BCUT2D eigenvalue weighted by Gasteiger charge is -2.39.